The Bertz CT molecular complexity index is 276. The summed E-state index contributed by atoms with van der Waals surface area (Å²) in [6.07, 6.45) is 3.46. The zero-order valence-corrected chi connectivity index (χ0v) is 7.54. The topological polar surface area (TPSA) is 33.1 Å². The van der Waals surface area contributed by atoms with Gasteiger partial charge in [0.05, 0.1) is 6.61 Å². The average Bonchev–Trinajstić information content (AvgIpc) is 1.99. The third kappa shape index (κ3) is 2.64. The second-order valence-electron chi connectivity index (χ2n) is 2.45. The molecule has 1 N–H and O–H groups in total. The highest BCUT2D eigenvalue weighted by Gasteiger charge is 1.93. The number of rotatable bonds is 2. The molecule has 0 aliphatic carbocycles. The second-order valence-corrected chi connectivity index (χ2v) is 2.84. The number of aliphatic hydroxyl groups excluding tert-OH is 1. The van der Waals surface area contributed by atoms with Crippen LogP contribution < -0.4 is 0 Å². The van der Waals surface area contributed by atoms with Crippen LogP contribution in [0, 0.1) is 6.92 Å². The minimum Gasteiger partial charge on any atom is -0.392 e. The lowest BCUT2D eigenvalue weighted by molar-refractivity contribution is 0.343. The van der Waals surface area contributed by atoms with Gasteiger partial charge in [0.2, 0.25) is 0 Å². The monoisotopic (exact) mass is 183 g/mol. The van der Waals surface area contributed by atoms with Gasteiger partial charge in [-0.2, -0.15) is 0 Å². The van der Waals surface area contributed by atoms with Gasteiger partial charge in [-0.05, 0) is 24.6 Å². The lowest BCUT2D eigenvalue weighted by Gasteiger charge is -1.96. The van der Waals surface area contributed by atoms with E-state index in [-0.39, 0.29) is 6.61 Å². The molecule has 1 aromatic rings. The van der Waals surface area contributed by atoms with Crippen molar-refractivity contribution >= 4 is 17.7 Å². The Morgan fingerprint density at radius 1 is 1.58 bits per heavy atom. The quantitative estimate of drug-likeness (QED) is 0.712. The fourth-order valence-corrected chi connectivity index (χ4v) is 1.20. The Labute approximate surface area is 76.5 Å². The van der Waals surface area contributed by atoms with Crippen LogP contribution in [0.5, 0.6) is 0 Å². The van der Waals surface area contributed by atoms with E-state index in [1.165, 1.54) is 0 Å². The molecule has 0 atom stereocenters. The van der Waals surface area contributed by atoms with E-state index in [2.05, 4.69) is 4.98 Å². The summed E-state index contributed by atoms with van der Waals surface area (Å²) in [5.74, 6) is 0. The van der Waals surface area contributed by atoms with Gasteiger partial charge in [0, 0.05) is 5.69 Å². The summed E-state index contributed by atoms with van der Waals surface area (Å²) in [5, 5.41) is 9.01. The van der Waals surface area contributed by atoms with Crippen molar-refractivity contribution in [2.24, 2.45) is 0 Å². The highest BCUT2D eigenvalue weighted by Crippen LogP contribution is 2.11. The van der Waals surface area contributed by atoms with Crippen LogP contribution in [0.25, 0.3) is 6.08 Å². The lowest BCUT2D eigenvalue weighted by Crippen LogP contribution is -1.83. The van der Waals surface area contributed by atoms with Crippen molar-refractivity contribution in [3.63, 3.8) is 0 Å². The summed E-state index contributed by atoms with van der Waals surface area (Å²) >= 11 is 5.72. The Balaban J connectivity index is 2.93. The van der Waals surface area contributed by atoms with E-state index < -0.39 is 0 Å². The summed E-state index contributed by atoms with van der Waals surface area (Å²) in [7, 11) is 0. The SMILES string of the molecule is Cc1cc(/C=C/CO)cc(Cl)n1. The smallest absolute Gasteiger partial charge is 0.129 e. The average molecular weight is 184 g/mol. The summed E-state index contributed by atoms with van der Waals surface area (Å²) in [5.41, 5.74) is 1.83. The Kier molecular flexibility index (Phi) is 3.26. The molecule has 0 bridgehead atoms. The van der Waals surface area contributed by atoms with Crippen molar-refractivity contribution in [1.82, 2.24) is 4.98 Å². The van der Waals surface area contributed by atoms with E-state index in [0.29, 0.717) is 5.15 Å². The standard InChI is InChI=1S/C9H10ClNO/c1-7-5-8(3-2-4-12)6-9(10)11-7/h2-3,5-6,12H,4H2,1H3/b3-2+. The predicted molar refractivity (Wildman–Crippen MR) is 50.1 cm³/mol. The van der Waals surface area contributed by atoms with Crippen molar-refractivity contribution in [2.45, 2.75) is 6.92 Å². The number of aliphatic hydroxyl groups is 1. The fraction of sp³-hybridized carbons (Fsp3) is 0.222. The van der Waals surface area contributed by atoms with Crippen molar-refractivity contribution in [2.75, 3.05) is 6.61 Å². The highest BCUT2D eigenvalue weighted by molar-refractivity contribution is 6.29. The van der Waals surface area contributed by atoms with Crippen LogP contribution in [0.3, 0.4) is 0 Å². The first kappa shape index (κ1) is 9.23. The number of hydrogen-bond donors (Lipinski definition) is 1. The molecule has 0 radical (unpaired) electrons. The van der Waals surface area contributed by atoms with E-state index in [1.807, 2.05) is 13.0 Å². The molecule has 2 nitrogen and oxygen atoms in total. The van der Waals surface area contributed by atoms with Crippen molar-refractivity contribution < 1.29 is 5.11 Å². The molecule has 0 aliphatic heterocycles. The molecule has 3 heteroatoms. The molecule has 0 aliphatic rings. The molecule has 64 valence electrons. The predicted octanol–water partition coefficient (Wildman–Crippen LogP) is 2.05. The van der Waals surface area contributed by atoms with E-state index in [4.69, 9.17) is 16.7 Å². The number of nitrogens with zero attached hydrogens (tertiary/aromatic N) is 1. The molecule has 0 aromatic carbocycles. The van der Waals surface area contributed by atoms with Crippen molar-refractivity contribution in [3.8, 4) is 0 Å². The molecule has 1 aromatic heterocycles. The van der Waals surface area contributed by atoms with Gasteiger partial charge < -0.3 is 5.11 Å². The maximum Gasteiger partial charge on any atom is 0.129 e. The Hall–Kier alpha value is -0.860. The highest BCUT2D eigenvalue weighted by atomic mass is 35.5. The van der Waals surface area contributed by atoms with Gasteiger partial charge in [-0.25, -0.2) is 4.98 Å². The van der Waals surface area contributed by atoms with E-state index in [1.54, 1.807) is 18.2 Å². The normalized spacial score (nSPS) is 10.9. The van der Waals surface area contributed by atoms with Crippen LogP contribution in [0.15, 0.2) is 18.2 Å². The van der Waals surface area contributed by atoms with Gasteiger partial charge in [0.25, 0.3) is 0 Å². The molecule has 0 spiro atoms. The first-order chi connectivity index (χ1) is 5.72. The summed E-state index contributed by atoms with van der Waals surface area (Å²) in [4.78, 5) is 4.01. The van der Waals surface area contributed by atoms with Crippen LogP contribution in [-0.2, 0) is 0 Å². The molecule has 0 unspecified atom stereocenters. The molecule has 1 rings (SSSR count). The zero-order valence-electron chi connectivity index (χ0n) is 6.79. The first-order valence-corrected chi connectivity index (χ1v) is 4.02. The molecule has 0 fully saturated rings. The van der Waals surface area contributed by atoms with Gasteiger partial charge in [-0.15, -0.1) is 0 Å². The van der Waals surface area contributed by atoms with E-state index in [0.717, 1.165) is 11.3 Å². The fourth-order valence-electron chi connectivity index (χ4n) is 0.938. The summed E-state index contributed by atoms with van der Waals surface area (Å²) in [6, 6.07) is 3.65. The number of pyridine rings is 1. The minimum absolute atomic E-state index is 0.0407. The van der Waals surface area contributed by atoms with Gasteiger partial charge in [0.1, 0.15) is 5.15 Å². The molecular formula is C9H10ClNO. The summed E-state index contributed by atoms with van der Waals surface area (Å²) in [6.45, 7) is 1.92. The molecule has 1 heterocycles. The zero-order chi connectivity index (χ0) is 8.97. The maximum absolute atomic E-state index is 8.53. The molecule has 0 saturated carbocycles. The largest absolute Gasteiger partial charge is 0.392 e. The van der Waals surface area contributed by atoms with Crippen molar-refractivity contribution in [1.29, 1.82) is 0 Å². The lowest BCUT2D eigenvalue weighted by atomic mass is 10.2. The molecule has 0 saturated heterocycles. The van der Waals surface area contributed by atoms with Gasteiger partial charge in [0.15, 0.2) is 0 Å². The third-order valence-electron chi connectivity index (χ3n) is 1.36. The van der Waals surface area contributed by atoms with Crippen LogP contribution >= 0.6 is 11.6 Å². The first-order valence-electron chi connectivity index (χ1n) is 3.64. The molecule has 12 heavy (non-hydrogen) atoms. The Morgan fingerprint density at radius 2 is 2.33 bits per heavy atom. The van der Waals surface area contributed by atoms with Crippen LogP contribution in [0.4, 0.5) is 0 Å². The van der Waals surface area contributed by atoms with Crippen LogP contribution in [0.2, 0.25) is 5.15 Å². The van der Waals surface area contributed by atoms with Gasteiger partial charge in [-0.1, -0.05) is 23.8 Å². The maximum atomic E-state index is 8.53. The van der Waals surface area contributed by atoms with Crippen molar-refractivity contribution in [3.05, 3.63) is 34.6 Å². The Morgan fingerprint density at radius 3 is 2.92 bits per heavy atom. The number of aromatic nitrogens is 1. The number of aryl methyl sites for hydroxylation is 1. The number of halogens is 1. The second kappa shape index (κ2) is 4.24. The molecule has 0 amide bonds. The molecular weight excluding hydrogens is 174 g/mol. The minimum atomic E-state index is 0.0407. The van der Waals surface area contributed by atoms with Gasteiger partial charge in [-0.3, -0.25) is 0 Å². The summed E-state index contributed by atoms with van der Waals surface area (Å²) < 4.78 is 0. The van der Waals surface area contributed by atoms with Crippen LogP contribution in [-0.4, -0.2) is 16.7 Å². The van der Waals surface area contributed by atoms with Gasteiger partial charge >= 0.3 is 0 Å². The number of hydrogen-bond acceptors (Lipinski definition) is 2. The third-order valence-corrected chi connectivity index (χ3v) is 1.55. The van der Waals surface area contributed by atoms with Crippen LogP contribution in [0.1, 0.15) is 11.3 Å². The van der Waals surface area contributed by atoms with E-state index >= 15 is 0 Å². The van der Waals surface area contributed by atoms with E-state index in [9.17, 15) is 0 Å².